The molecule has 1 aromatic heterocycles. The predicted octanol–water partition coefficient (Wildman–Crippen LogP) is 5.74. The SMILES string of the molecule is [CH2]CC(CCCc1cccnc1)(OCc1ccccc1)c1ccccc1. The molecule has 1 atom stereocenters. The van der Waals surface area contributed by atoms with Crippen LogP contribution in [0, 0.1) is 6.92 Å². The molecule has 0 bridgehead atoms. The van der Waals surface area contributed by atoms with Crippen LogP contribution in [0.1, 0.15) is 36.0 Å². The van der Waals surface area contributed by atoms with E-state index in [0.717, 1.165) is 19.3 Å². The highest BCUT2D eigenvalue weighted by molar-refractivity contribution is 5.24. The van der Waals surface area contributed by atoms with Crippen molar-refractivity contribution in [2.24, 2.45) is 0 Å². The summed E-state index contributed by atoms with van der Waals surface area (Å²) in [6.07, 6.45) is 7.43. The minimum absolute atomic E-state index is 0.362. The van der Waals surface area contributed by atoms with Gasteiger partial charge in [-0.3, -0.25) is 4.98 Å². The van der Waals surface area contributed by atoms with Crippen LogP contribution in [-0.4, -0.2) is 4.98 Å². The van der Waals surface area contributed by atoms with Gasteiger partial charge in [0, 0.05) is 12.4 Å². The number of benzene rings is 2. The quantitative estimate of drug-likeness (QED) is 0.494. The Balaban J connectivity index is 1.73. The molecule has 26 heavy (non-hydrogen) atoms. The highest BCUT2D eigenvalue weighted by Gasteiger charge is 2.30. The lowest BCUT2D eigenvalue weighted by molar-refractivity contribution is -0.0681. The van der Waals surface area contributed by atoms with E-state index in [4.69, 9.17) is 4.74 Å². The molecule has 0 aliphatic carbocycles. The molecule has 0 spiro atoms. The fourth-order valence-electron chi connectivity index (χ4n) is 3.30. The Bertz CT molecular complexity index is 758. The van der Waals surface area contributed by atoms with Crippen molar-refractivity contribution < 1.29 is 4.74 Å². The molecular formula is C24H26NO. The largest absolute Gasteiger partial charge is 0.366 e. The number of aryl methyl sites for hydroxylation is 1. The third kappa shape index (κ3) is 4.80. The Morgan fingerprint density at radius 2 is 1.54 bits per heavy atom. The van der Waals surface area contributed by atoms with Gasteiger partial charge in [0.2, 0.25) is 0 Å². The first kappa shape index (κ1) is 18.3. The van der Waals surface area contributed by atoms with Crippen LogP contribution < -0.4 is 0 Å². The van der Waals surface area contributed by atoms with E-state index in [2.05, 4.69) is 66.5 Å². The summed E-state index contributed by atoms with van der Waals surface area (Å²) in [6, 6.07) is 25.0. The van der Waals surface area contributed by atoms with Gasteiger partial charge in [-0.15, -0.1) is 0 Å². The van der Waals surface area contributed by atoms with Crippen molar-refractivity contribution in [2.45, 2.75) is 37.9 Å². The maximum Gasteiger partial charge on any atom is 0.0936 e. The van der Waals surface area contributed by atoms with Crippen LogP contribution in [0.4, 0.5) is 0 Å². The Morgan fingerprint density at radius 3 is 2.19 bits per heavy atom. The Labute approximate surface area is 156 Å². The minimum Gasteiger partial charge on any atom is -0.366 e. The summed E-state index contributed by atoms with van der Waals surface area (Å²) in [5.74, 6) is 0. The van der Waals surface area contributed by atoms with Crippen LogP contribution in [0.5, 0.6) is 0 Å². The molecule has 2 nitrogen and oxygen atoms in total. The molecule has 3 aromatic rings. The first-order chi connectivity index (χ1) is 12.8. The van der Waals surface area contributed by atoms with E-state index in [1.807, 2.05) is 30.6 Å². The van der Waals surface area contributed by atoms with Crippen LogP contribution in [-0.2, 0) is 23.4 Å². The number of aromatic nitrogens is 1. The summed E-state index contributed by atoms with van der Waals surface area (Å²) in [5, 5.41) is 0. The average molecular weight is 344 g/mol. The van der Waals surface area contributed by atoms with E-state index in [-0.39, 0.29) is 5.60 Å². The molecule has 0 amide bonds. The Morgan fingerprint density at radius 1 is 0.846 bits per heavy atom. The minimum atomic E-state index is -0.362. The number of hydrogen-bond donors (Lipinski definition) is 0. The first-order valence-corrected chi connectivity index (χ1v) is 9.24. The van der Waals surface area contributed by atoms with Gasteiger partial charge >= 0.3 is 0 Å². The lowest BCUT2D eigenvalue weighted by Crippen LogP contribution is -2.29. The molecule has 133 valence electrons. The number of ether oxygens (including phenoxy) is 1. The molecule has 1 heterocycles. The molecule has 1 unspecified atom stereocenters. The van der Waals surface area contributed by atoms with E-state index in [1.165, 1.54) is 16.7 Å². The van der Waals surface area contributed by atoms with Gasteiger partial charge in [-0.05, 0) is 48.4 Å². The topological polar surface area (TPSA) is 22.1 Å². The van der Waals surface area contributed by atoms with Crippen molar-refractivity contribution in [2.75, 3.05) is 0 Å². The lowest BCUT2D eigenvalue weighted by atomic mass is 9.85. The van der Waals surface area contributed by atoms with Gasteiger partial charge in [0.15, 0.2) is 0 Å². The lowest BCUT2D eigenvalue weighted by Gasteiger charge is -2.34. The smallest absolute Gasteiger partial charge is 0.0936 e. The third-order valence-electron chi connectivity index (χ3n) is 4.83. The third-order valence-corrected chi connectivity index (χ3v) is 4.83. The molecule has 0 saturated heterocycles. The molecule has 0 aliphatic heterocycles. The van der Waals surface area contributed by atoms with Gasteiger partial charge in [-0.1, -0.05) is 73.7 Å². The summed E-state index contributed by atoms with van der Waals surface area (Å²) in [4.78, 5) is 4.21. The summed E-state index contributed by atoms with van der Waals surface area (Å²) < 4.78 is 6.51. The predicted molar refractivity (Wildman–Crippen MR) is 107 cm³/mol. The van der Waals surface area contributed by atoms with E-state index in [9.17, 15) is 0 Å². The van der Waals surface area contributed by atoms with Crippen LogP contribution in [0.25, 0.3) is 0 Å². The fourth-order valence-corrected chi connectivity index (χ4v) is 3.30. The van der Waals surface area contributed by atoms with E-state index < -0.39 is 0 Å². The van der Waals surface area contributed by atoms with Crippen LogP contribution in [0.2, 0.25) is 0 Å². The zero-order valence-electron chi connectivity index (χ0n) is 15.2. The van der Waals surface area contributed by atoms with E-state index >= 15 is 0 Å². The summed E-state index contributed by atoms with van der Waals surface area (Å²) in [5.41, 5.74) is 3.30. The van der Waals surface area contributed by atoms with Crippen molar-refractivity contribution in [3.8, 4) is 0 Å². The van der Waals surface area contributed by atoms with Crippen LogP contribution >= 0.6 is 0 Å². The van der Waals surface area contributed by atoms with Gasteiger partial charge in [0.1, 0.15) is 0 Å². The van der Waals surface area contributed by atoms with Gasteiger partial charge in [0.25, 0.3) is 0 Å². The molecule has 0 saturated carbocycles. The van der Waals surface area contributed by atoms with Crippen molar-refractivity contribution >= 4 is 0 Å². The number of hydrogen-bond acceptors (Lipinski definition) is 2. The average Bonchev–Trinajstić information content (AvgIpc) is 2.73. The van der Waals surface area contributed by atoms with Gasteiger partial charge in [-0.2, -0.15) is 0 Å². The Kier molecular flexibility index (Phi) is 6.56. The number of pyridine rings is 1. The monoisotopic (exact) mass is 344 g/mol. The zero-order chi connectivity index (χ0) is 18.1. The highest BCUT2D eigenvalue weighted by atomic mass is 16.5. The Hall–Kier alpha value is -2.45. The molecule has 3 rings (SSSR count). The van der Waals surface area contributed by atoms with E-state index in [1.54, 1.807) is 0 Å². The maximum absolute atomic E-state index is 6.51. The summed E-state index contributed by atoms with van der Waals surface area (Å²) in [7, 11) is 0. The zero-order valence-corrected chi connectivity index (χ0v) is 15.2. The number of rotatable bonds is 9. The molecule has 2 aromatic carbocycles. The van der Waals surface area contributed by atoms with Crippen molar-refractivity contribution in [3.05, 3.63) is 109 Å². The second kappa shape index (κ2) is 9.30. The normalized spacial score (nSPS) is 13.3. The molecule has 0 aliphatic rings. The maximum atomic E-state index is 6.51. The molecular weight excluding hydrogens is 318 g/mol. The number of nitrogens with zero attached hydrogens (tertiary/aromatic N) is 1. The first-order valence-electron chi connectivity index (χ1n) is 9.24. The molecule has 2 heteroatoms. The standard InChI is InChI=1S/C24H26NO/c1-2-24(23-15-7-4-8-16-23,26-20-22-11-5-3-6-12-22)17-9-13-21-14-10-18-25-19-21/h3-8,10-12,14-16,18-19H,1-2,9,13,17,20H2. The van der Waals surface area contributed by atoms with Gasteiger partial charge in [0.05, 0.1) is 12.2 Å². The molecule has 1 radical (unpaired) electrons. The van der Waals surface area contributed by atoms with Crippen molar-refractivity contribution in [1.82, 2.24) is 4.98 Å². The second-order valence-corrected chi connectivity index (χ2v) is 6.60. The van der Waals surface area contributed by atoms with Crippen molar-refractivity contribution in [1.29, 1.82) is 0 Å². The van der Waals surface area contributed by atoms with Crippen LogP contribution in [0.15, 0.2) is 85.2 Å². The molecule has 0 fully saturated rings. The van der Waals surface area contributed by atoms with Crippen molar-refractivity contribution in [3.63, 3.8) is 0 Å². The van der Waals surface area contributed by atoms with Crippen LogP contribution in [0.3, 0.4) is 0 Å². The second-order valence-electron chi connectivity index (χ2n) is 6.60. The molecule has 0 N–H and O–H groups in total. The fraction of sp³-hybridized carbons (Fsp3) is 0.250. The summed E-state index contributed by atoms with van der Waals surface area (Å²) >= 11 is 0. The highest BCUT2D eigenvalue weighted by Crippen LogP contribution is 2.35. The summed E-state index contributed by atoms with van der Waals surface area (Å²) in [6.45, 7) is 4.83. The van der Waals surface area contributed by atoms with Gasteiger partial charge in [-0.25, -0.2) is 0 Å². The van der Waals surface area contributed by atoms with E-state index in [0.29, 0.717) is 13.0 Å². The van der Waals surface area contributed by atoms with Gasteiger partial charge < -0.3 is 4.74 Å².